The number of likely N-dealkylation sites (tertiary alicyclic amines) is 1. The average molecular weight is 383 g/mol. The molecule has 152 valence electrons. The number of H-pyrrole nitrogens is 1. The molecule has 1 aromatic heterocycles. The molecule has 0 radical (unpaired) electrons. The predicted octanol–water partition coefficient (Wildman–Crippen LogP) is 5.21. The molecule has 28 heavy (non-hydrogen) atoms. The highest BCUT2D eigenvalue weighted by molar-refractivity contribution is 5.94. The number of hydrogen-bond donors (Lipinski definition) is 3. The van der Waals surface area contributed by atoms with Gasteiger partial charge in [0.2, 0.25) is 0 Å². The lowest BCUT2D eigenvalue weighted by atomic mass is 9.89. The van der Waals surface area contributed by atoms with Crippen molar-refractivity contribution in [3.05, 3.63) is 30.0 Å². The summed E-state index contributed by atoms with van der Waals surface area (Å²) < 4.78 is 0. The summed E-state index contributed by atoms with van der Waals surface area (Å²) in [5.74, 6) is 0.608. The van der Waals surface area contributed by atoms with Crippen LogP contribution >= 0.6 is 0 Å². The number of nitrogens with zero attached hydrogens (tertiary/aromatic N) is 1. The van der Waals surface area contributed by atoms with Crippen LogP contribution in [0.4, 0.5) is 10.5 Å². The highest BCUT2D eigenvalue weighted by Crippen LogP contribution is 2.34. The third kappa shape index (κ3) is 4.88. The summed E-state index contributed by atoms with van der Waals surface area (Å²) in [7, 11) is 0. The standard InChI is InChI=1S/C23H34N4O/c1-2-3-4-5-12-27-13-10-17(11-14-27)21-16-24-22-9-8-19(15-20(21)22)26-23(28)25-18-6-7-18/h8-9,15-18,24H,2-7,10-14H2,1H3,(H2,25,26,28). The Labute approximate surface area is 168 Å². The molecule has 1 aliphatic heterocycles. The van der Waals surface area contributed by atoms with Gasteiger partial charge in [-0.2, -0.15) is 0 Å². The van der Waals surface area contributed by atoms with Gasteiger partial charge in [-0.15, -0.1) is 0 Å². The number of hydrogen-bond acceptors (Lipinski definition) is 2. The number of nitrogens with one attached hydrogen (secondary N) is 3. The van der Waals surface area contributed by atoms with E-state index in [2.05, 4.69) is 45.8 Å². The molecule has 0 bridgehead atoms. The first-order valence-corrected chi connectivity index (χ1v) is 11.1. The van der Waals surface area contributed by atoms with E-state index in [1.54, 1.807) is 0 Å². The predicted molar refractivity (Wildman–Crippen MR) is 116 cm³/mol. The van der Waals surface area contributed by atoms with Gasteiger partial charge in [0, 0.05) is 28.8 Å². The normalized spacial score (nSPS) is 18.5. The van der Waals surface area contributed by atoms with E-state index in [-0.39, 0.29) is 6.03 Å². The van der Waals surface area contributed by atoms with Crippen LogP contribution in [0, 0.1) is 0 Å². The molecular weight excluding hydrogens is 348 g/mol. The van der Waals surface area contributed by atoms with Crippen LogP contribution in [0.3, 0.4) is 0 Å². The number of aromatic nitrogens is 1. The Bertz CT molecular complexity index is 787. The molecule has 0 unspecified atom stereocenters. The number of aromatic amines is 1. The molecule has 1 aromatic carbocycles. The van der Waals surface area contributed by atoms with Crippen molar-refractivity contribution in [1.29, 1.82) is 0 Å². The first-order chi connectivity index (χ1) is 13.7. The molecule has 1 aliphatic carbocycles. The summed E-state index contributed by atoms with van der Waals surface area (Å²) in [6, 6.07) is 6.47. The van der Waals surface area contributed by atoms with E-state index in [0.29, 0.717) is 12.0 Å². The van der Waals surface area contributed by atoms with Gasteiger partial charge in [0.15, 0.2) is 0 Å². The summed E-state index contributed by atoms with van der Waals surface area (Å²) in [6.45, 7) is 5.92. The van der Waals surface area contributed by atoms with Crippen LogP contribution in [0.1, 0.15) is 69.8 Å². The van der Waals surface area contributed by atoms with Gasteiger partial charge in [0.05, 0.1) is 0 Å². The molecule has 2 fully saturated rings. The van der Waals surface area contributed by atoms with E-state index in [9.17, 15) is 4.79 Å². The van der Waals surface area contributed by atoms with E-state index in [1.165, 1.54) is 69.1 Å². The highest BCUT2D eigenvalue weighted by atomic mass is 16.2. The lowest BCUT2D eigenvalue weighted by Crippen LogP contribution is -2.33. The Hall–Kier alpha value is -2.01. The Morgan fingerprint density at radius 1 is 1.14 bits per heavy atom. The second-order valence-corrected chi connectivity index (χ2v) is 8.55. The van der Waals surface area contributed by atoms with Crippen LogP contribution in [0.2, 0.25) is 0 Å². The molecule has 1 saturated heterocycles. The van der Waals surface area contributed by atoms with Crippen molar-refractivity contribution < 1.29 is 4.79 Å². The number of carbonyl (C=O) groups excluding carboxylic acids is 1. The zero-order valence-electron chi connectivity index (χ0n) is 17.1. The largest absolute Gasteiger partial charge is 0.361 e. The van der Waals surface area contributed by atoms with Crippen molar-refractivity contribution in [3.8, 4) is 0 Å². The minimum Gasteiger partial charge on any atom is -0.361 e. The van der Waals surface area contributed by atoms with Gasteiger partial charge >= 0.3 is 6.03 Å². The van der Waals surface area contributed by atoms with E-state index in [4.69, 9.17) is 0 Å². The SMILES string of the molecule is CCCCCCN1CCC(c2c[nH]c3ccc(NC(=O)NC4CC4)cc23)CC1. The number of benzene rings is 1. The highest BCUT2D eigenvalue weighted by Gasteiger charge is 2.24. The van der Waals surface area contributed by atoms with E-state index in [1.807, 2.05) is 6.07 Å². The number of rotatable bonds is 8. The second kappa shape index (κ2) is 8.99. The van der Waals surface area contributed by atoms with Gasteiger partial charge in [-0.1, -0.05) is 26.2 Å². The minimum absolute atomic E-state index is 0.0877. The van der Waals surface area contributed by atoms with Crippen molar-refractivity contribution in [1.82, 2.24) is 15.2 Å². The fourth-order valence-electron chi connectivity index (χ4n) is 4.37. The Balaban J connectivity index is 1.36. The zero-order chi connectivity index (χ0) is 19.3. The maximum atomic E-state index is 12.1. The summed E-state index contributed by atoms with van der Waals surface area (Å²) in [5.41, 5.74) is 3.44. The molecular formula is C23H34N4O. The fraction of sp³-hybridized carbons (Fsp3) is 0.609. The third-order valence-electron chi connectivity index (χ3n) is 6.24. The summed E-state index contributed by atoms with van der Waals surface area (Å²) in [4.78, 5) is 18.1. The number of amides is 2. The lowest BCUT2D eigenvalue weighted by Gasteiger charge is -2.32. The van der Waals surface area contributed by atoms with Crippen LogP contribution in [0.25, 0.3) is 10.9 Å². The van der Waals surface area contributed by atoms with Gasteiger partial charge < -0.3 is 20.5 Å². The van der Waals surface area contributed by atoms with Gasteiger partial charge in [0.25, 0.3) is 0 Å². The number of urea groups is 1. The van der Waals surface area contributed by atoms with Gasteiger partial charge in [-0.25, -0.2) is 4.79 Å². The first-order valence-electron chi connectivity index (χ1n) is 11.1. The molecule has 2 aromatic rings. The number of carbonyl (C=O) groups is 1. The van der Waals surface area contributed by atoms with Gasteiger partial charge in [-0.05, 0) is 81.4 Å². The molecule has 2 aliphatic rings. The van der Waals surface area contributed by atoms with Gasteiger partial charge in [-0.3, -0.25) is 0 Å². The summed E-state index contributed by atoms with van der Waals surface area (Å²) >= 11 is 0. The van der Waals surface area contributed by atoms with E-state index in [0.717, 1.165) is 24.0 Å². The van der Waals surface area contributed by atoms with Crippen molar-refractivity contribution in [2.24, 2.45) is 0 Å². The maximum Gasteiger partial charge on any atom is 0.319 e. The van der Waals surface area contributed by atoms with Crippen LogP contribution in [0.15, 0.2) is 24.4 Å². The Morgan fingerprint density at radius 3 is 2.71 bits per heavy atom. The fourth-order valence-corrected chi connectivity index (χ4v) is 4.37. The number of anilines is 1. The molecule has 2 amide bonds. The third-order valence-corrected chi connectivity index (χ3v) is 6.24. The molecule has 5 heteroatoms. The molecule has 5 nitrogen and oxygen atoms in total. The van der Waals surface area contributed by atoms with E-state index < -0.39 is 0 Å². The average Bonchev–Trinajstić information content (AvgIpc) is 3.41. The number of unbranched alkanes of at least 4 members (excludes halogenated alkanes) is 3. The van der Waals surface area contributed by atoms with Crippen LogP contribution < -0.4 is 10.6 Å². The molecule has 1 saturated carbocycles. The van der Waals surface area contributed by atoms with Crippen LogP contribution in [-0.2, 0) is 0 Å². The monoisotopic (exact) mass is 382 g/mol. The van der Waals surface area contributed by atoms with Crippen molar-refractivity contribution in [3.63, 3.8) is 0 Å². The number of fused-ring (bicyclic) bond motifs is 1. The maximum absolute atomic E-state index is 12.1. The van der Waals surface area contributed by atoms with E-state index >= 15 is 0 Å². The molecule has 4 rings (SSSR count). The zero-order valence-corrected chi connectivity index (χ0v) is 17.1. The van der Waals surface area contributed by atoms with Crippen LogP contribution in [-0.4, -0.2) is 41.6 Å². The topological polar surface area (TPSA) is 60.2 Å². The second-order valence-electron chi connectivity index (χ2n) is 8.55. The minimum atomic E-state index is -0.0877. The quantitative estimate of drug-likeness (QED) is 0.549. The molecule has 2 heterocycles. The Morgan fingerprint density at radius 2 is 1.96 bits per heavy atom. The molecule has 0 spiro atoms. The van der Waals surface area contributed by atoms with Crippen molar-refractivity contribution in [2.75, 3.05) is 25.0 Å². The summed E-state index contributed by atoms with van der Waals surface area (Å²) in [5, 5.41) is 7.24. The first kappa shape index (κ1) is 19.3. The lowest BCUT2D eigenvalue weighted by molar-refractivity contribution is 0.209. The van der Waals surface area contributed by atoms with Gasteiger partial charge in [0.1, 0.15) is 0 Å². The van der Waals surface area contributed by atoms with Crippen molar-refractivity contribution >= 4 is 22.6 Å². The summed E-state index contributed by atoms with van der Waals surface area (Å²) in [6.07, 6.45) is 12.2. The van der Waals surface area contributed by atoms with Crippen molar-refractivity contribution in [2.45, 2.75) is 70.3 Å². The molecule has 0 atom stereocenters. The van der Waals surface area contributed by atoms with Crippen LogP contribution in [0.5, 0.6) is 0 Å². The molecule has 3 N–H and O–H groups in total. The smallest absolute Gasteiger partial charge is 0.319 e. The number of piperidine rings is 1. The Kier molecular flexibility index (Phi) is 6.20.